The Morgan fingerprint density at radius 2 is 2.00 bits per heavy atom. The molecule has 9 heteroatoms. The van der Waals surface area contributed by atoms with Crippen LogP contribution in [0.3, 0.4) is 0 Å². The molecule has 4 rings (SSSR count). The van der Waals surface area contributed by atoms with Crippen molar-refractivity contribution in [3.63, 3.8) is 0 Å². The number of aromatic nitrogens is 3. The number of anilines is 2. The molecule has 0 aliphatic carbocycles. The van der Waals surface area contributed by atoms with E-state index in [0.717, 1.165) is 28.6 Å². The quantitative estimate of drug-likeness (QED) is 0.327. The molecule has 31 heavy (non-hydrogen) atoms. The van der Waals surface area contributed by atoms with Crippen molar-refractivity contribution in [1.82, 2.24) is 14.5 Å². The molecule has 0 amide bonds. The Morgan fingerprint density at radius 3 is 2.71 bits per heavy atom. The molecule has 0 radical (unpaired) electrons. The molecule has 8 nitrogen and oxygen atoms in total. The molecular weight excluding hydrogens is 401 g/mol. The van der Waals surface area contributed by atoms with Crippen LogP contribution in [0.15, 0.2) is 54.9 Å². The standard InChI is InChI=1S/C22H20FN5O3/c1-13(2)27-12-15(14-6-4-5-7-19(14)27)17-8-9-24-22(25-17)26-18-11-20(28(29)30)16(23)10-21(18)31-3/h4-13H,1-3H3,(H,24,25,26). The number of nitro groups is 1. The lowest BCUT2D eigenvalue weighted by Crippen LogP contribution is -2.02. The highest BCUT2D eigenvalue weighted by Gasteiger charge is 2.20. The molecule has 0 bridgehead atoms. The zero-order valence-corrected chi connectivity index (χ0v) is 17.2. The van der Waals surface area contributed by atoms with Gasteiger partial charge in [-0.25, -0.2) is 9.97 Å². The van der Waals surface area contributed by atoms with Gasteiger partial charge in [0.25, 0.3) is 0 Å². The van der Waals surface area contributed by atoms with Crippen molar-refractivity contribution in [2.24, 2.45) is 0 Å². The summed E-state index contributed by atoms with van der Waals surface area (Å²) in [7, 11) is 1.35. The molecule has 2 aromatic heterocycles. The topological polar surface area (TPSA) is 95.1 Å². The van der Waals surface area contributed by atoms with E-state index in [0.29, 0.717) is 5.69 Å². The Labute approximate surface area is 177 Å². The first-order valence-electron chi connectivity index (χ1n) is 9.61. The summed E-state index contributed by atoms with van der Waals surface area (Å²) in [6, 6.07) is 12.1. The predicted octanol–water partition coefficient (Wildman–Crippen LogP) is 5.48. The van der Waals surface area contributed by atoms with Crippen molar-refractivity contribution < 1.29 is 14.1 Å². The van der Waals surface area contributed by atoms with Gasteiger partial charge in [-0.05, 0) is 26.0 Å². The van der Waals surface area contributed by atoms with Gasteiger partial charge in [-0.1, -0.05) is 18.2 Å². The molecule has 0 aliphatic rings. The first kappa shape index (κ1) is 20.3. The van der Waals surface area contributed by atoms with Gasteiger partial charge in [-0.3, -0.25) is 10.1 Å². The lowest BCUT2D eigenvalue weighted by atomic mass is 10.1. The number of ether oxygens (including phenoxy) is 1. The lowest BCUT2D eigenvalue weighted by molar-refractivity contribution is -0.387. The molecule has 0 saturated carbocycles. The highest BCUT2D eigenvalue weighted by Crippen LogP contribution is 2.35. The number of benzene rings is 2. The molecule has 4 aromatic rings. The smallest absolute Gasteiger partial charge is 0.307 e. The van der Waals surface area contributed by atoms with Gasteiger partial charge in [0.2, 0.25) is 11.8 Å². The number of hydrogen-bond donors (Lipinski definition) is 1. The number of nitrogens with zero attached hydrogens (tertiary/aromatic N) is 4. The van der Waals surface area contributed by atoms with Crippen LogP contribution in [0.25, 0.3) is 22.2 Å². The second-order valence-electron chi connectivity index (χ2n) is 7.21. The SMILES string of the molecule is COc1cc(F)c([N+](=O)[O-])cc1Nc1nccc(-c2cn(C(C)C)c3ccccc23)n1. The van der Waals surface area contributed by atoms with E-state index in [9.17, 15) is 14.5 Å². The molecular formula is C22H20FN5O3. The Morgan fingerprint density at radius 1 is 1.23 bits per heavy atom. The Kier molecular flexibility index (Phi) is 5.24. The van der Waals surface area contributed by atoms with Crippen molar-refractivity contribution in [3.8, 4) is 17.0 Å². The van der Waals surface area contributed by atoms with E-state index in [2.05, 4.69) is 39.8 Å². The van der Waals surface area contributed by atoms with Crippen LogP contribution in [-0.2, 0) is 0 Å². The van der Waals surface area contributed by atoms with Crippen LogP contribution in [0, 0.1) is 15.9 Å². The Bertz CT molecular complexity index is 1290. The van der Waals surface area contributed by atoms with E-state index in [1.54, 1.807) is 12.3 Å². The molecule has 0 saturated heterocycles. The molecule has 2 heterocycles. The molecule has 1 N–H and O–H groups in total. The van der Waals surface area contributed by atoms with Gasteiger partial charge in [0.15, 0.2) is 0 Å². The molecule has 158 valence electrons. The van der Waals surface area contributed by atoms with Gasteiger partial charge in [-0.15, -0.1) is 0 Å². The van der Waals surface area contributed by atoms with Crippen LogP contribution < -0.4 is 10.1 Å². The third-order valence-corrected chi connectivity index (χ3v) is 4.94. The fourth-order valence-corrected chi connectivity index (χ4v) is 3.48. The van der Waals surface area contributed by atoms with E-state index in [1.165, 1.54) is 7.11 Å². The molecule has 0 fully saturated rings. The number of halogens is 1. The third kappa shape index (κ3) is 3.77. The summed E-state index contributed by atoms with van der Waals surface area (Å²) in [5.41, 5.74) is 2.24. The second kappa shape index (κ2) is 8.02. The van der Waals surface area contributed by atoms with Crippen LogP contribution in [0.4, 0.5) is 21.7 Å². The summed E-state index contributed by atoms with van der Waals surface area (Å²) < 4.78 is 21.2. The van der Waals surface area contributed by atoms with Gasteiger partial charge in [0.05, 0.1) is 23.4 Å². The number of methoxy groups -OCH3 is 1. The van der Waals surface area contributed by atoms with E-state index in [-0.39, 0.29) is 23.4 Å². The average Bonchev–Trinajstić information content (AvgIpc) is 3.15. The highest BCUT2D eigenvalue weighted by molar-refractivity contribution is 5.95. The number of para-hydroxylation sites is 1. The minimum Gasteiger partial charge on any atom is -0.494 e. The number of fused-ring (bicyclic) bond motifs is 1. The molecule has 2 aromatic carbocycles. The molecule has 0 aliphatic heterocycles. The van der Waals surface area contributed by atoms with Crippen LogP contribution in [0.5, 0.6) is 5.75 Å². The van der Waals surface area contributed by atoms with E-state index >= 15 is 0 Å². The fourth-order valence-electron chi connectivity index (χ4n) is 3.48. The maximum absolute atomic E-state index is 13.9. The normalized spacial score (nSPS) is 11.1. The van der Waals surface area contributed by atoms with E-state index in [1.807, 2.05) is 24.4 Å². The first-order valence-corrected chi connectivity index (χ1v) is 9.61. The minimum atomic E-state index is -0.983. The van der Waals surface area contributed by atoms with Gasteiger partial charge in [0.1, 0.15) is 5.75 Å². The summed E-state index contributed by atoms with van der Waals surface area (Å²) in [6.07, 6.45) is 3.64. The zero-order valence-electron chi connectivity index (χ0n) is 17.2. The molecule has 0 unspecified atom stereocenters. The second-order valence-corrected chi connectivity index (χ2v) is 7.21. The van der Waals surface area contributed by atoms with Gasteiger partial charge in [0, 0.05) is 47.0 Å². The number of rotatable bonds is 6. The fraction of sp³-hybridized carbons (Fsp3) is 0.182. The summed E-state index contributed by atoms with van der Waals surface area (Å²) in [4.78, 5) is 19.1. The van der Waals surface area contributed by atoms with Gasteiger partial charge < -0.3 is 14.6 Å². The average molecular weight is 421 g/mol. The number of nitro benzene ring substituents is 1. The predicted molar refractivity (Wildman–Crippen MR) is 116 cm³/mol. The maximum Gasteiger partial charge on any atom is 0.307 e. The molecule has 0 atom stereocenters. The van der Waals surface area contributed by atoms with Crippen molar-refractivity contribution >= 4 is 28.2 Å². The highest BCUT2D eigenvalue weighted by atomic mass is 19.1. The van der Waals surface area contributed by atoms with Crippen molar-refractivity contribution in [2.75, 3.05) is 12.4 Å². The molecule has 0 spiro atoms. The third-order valence-electron chi connectivity index (χ3n) is 4.94. The summed E-state index contributed by atoms with van der Waals surface area (Å²) in [5, 5.41) is 15.1. The van der Waals surface area contributed by atoms with E-state index in [4.69, 9.17) is 4.74 Å². The maximum atomic E-state index is 13.9. The van der Waals surface area contributed by atoms with Crippen molar-refractivity contribution in [2.45, 2.75) is 19.9 Å². The van der Waals surface area contributed by atoms with Crippen LogP contribution >= 0.6 is 0 Å². The Balaban J connectivity index is 1.77. The summed E-state index contributed by atoms with van der Waals surface area (Å²) >= 11 is 0. The number of nitrogens with one attached hydrogen (secondary N) is 1. The lowest BCUT2D eigenvalue weighted by Gasteiger charge is -2.11. The zero-order chi connectivity index (χ0) is 22.1. The van der Waals surface area contributed by atoms with Gasteiger partial charge in [-0.2, -0.15) is 4.39 Å². The summed E-state index contributed by atoms with van der Waals surface area (Å²) in [6.45, 7) is 4.22. The van der Waals surface area contributed by atoms with Crippen LogP contribution in [-0.4, -0.2) is 26.6 Å². The first-order chi connectivity index (χ1) is 14.9. The minimum absolute atomic E-state index is 0.105. The van der Waals surface area contributed by atoms with Crippen LogP contribution in [0.1, 0.15) is 19.9 Å². The number of hydrogen-bond acceptors (Lipinski definition) is 6. The van der Waals surface area contributed by atoms with Crippen molar-refractivity contribution in [1.29, 1.82) is 0 Å². The Hall–Kier alpha value is -4.01. The van der Waals surface area contributed by atoms with Crippen molar-refractivity contribution in [3.05, 3.63) is 70.8 Å². The largest absolute Gasteiger partial charge is 0.494 e. The van der Waals surface area contributed by atoms with Crippen LogP contribution in [0.2, 0.25) is 0 Å². The summed E-state index contributed by atoms with van der Waals surface area (Å²) in [5.74, 6) is -0.671. The van der Waals surface area contributed by atoms with Gasteiger partial charge >= 0.3 is 5.69 Å². The monoisotopic (exact) mass is 421 g/mol. The van der Waals surface area contributed by atoms with E-state index < -0.39 is 16.4 Å².